The summed E-state index contributed by atoms with van der Waals surface area (Å²) in [6, 6.07) is 4.10. The lowest BCUT2D eigenvalue weighted by atomic mass is 10.0. The first-order valence-corrected chi connectivity index (χ1v) is 6.79. The molecule has 0 aromatic carbocycles. The molecule has 1 aromatic heterocycles. The SMILES string of the molecule is CCc1ccc2c(n1)CCN(C(=O)CN(N)/C=C\N)C2. The van der Waals surface area contributed by atoms with Gasteiger partial charge >= 0.3 is 0 Å². The number of amides is 1. The molecule has 20 heavy (non-hydrogen) atoms. The van der Waals surface area contributed by atoms with Crippen molar-refractivity contribution >= 4 is 5.91 Å². The Morgan fingerprint density at radius 1 is 1.55 bits per heavy atom. The molecule has 0 bridgehead atoms. The van der Waals surface area contributed by atoms with Crippen LogP contribution < -0.4 is 11.6 Å². The Morgan fingerprint density at radius 3 is 3.05 bits per heavy atom. The van der Waals surface area contributed by atoms with Crippen LogP contribution in [0.25, 0.3) is 0 Å². The minimum atomic E-state index is -0.00387. The summed E-state index contributed by atoms with van der Waals surface area (Å²) in [5.41, 5.74) is 8.58. The van der Waals surface area contributed by atoms with Gasteiger partial charge in [-0.3, -0.25) is 9.78 Å². The molecule has 0 saturated heterocycles. The first kappa shape index (κ1) is 14.3. The third kappa shape index (κ3) is 3.27. The van der Waals surface area contributed by atoms with Gasteiger partial charge in [0.2, 0.25) is 5.91 Å². The van der Waals surface area contributed by atoms with Crippen LogP contribution in [0.1, 0.15) is 23.9 Å². The molecule has 0 spiro atoms. The van der Waals surface area contributed by atoms with Crippen LogP contribution in [0, 0.1) is 0 Å². The summed E-state index contributed by atoms with van der Waals surface area (Å²) in [4.78, 5) is 18.5. The molecule has 0 aliphatic carbocycles. The monoisotopic (exact) mass is 275 g/mol. The zero-order valence-electron chi connectivity index (χ0n) is 11.7. The van der Waals surface area contributed by atoms with Crippen molar-refractivity contribution in [3.8, 4) is 0 Å². The molecule has 0 unspecified atom stereocenters. The van der Waals surface area contributed by atoms with Crippen molar-refractivity contribution in [2.45, 2.75) is 26.3 Å². The van der Waals surface area contributed by atoms with E-state index in [4.69, 9.17) is 11.6 Å². The smallest absolute Gasteiger partial charge is 0.244 e. The molecule has 0 atom stereocenters. The maximum absolute atomic E-state index is 12.1. The molecule has 4 N–H and O–H groups in total. The van der Waals surface area contributed by atoms with Crippen LogP contribution in [0.15, 0.2) is 24.5 Å². The van der Waals surface area contributed by atoms with E-state index < -0.39 is 0 Å². The summed E-state index contributed by atoms with van der Waals surface area (Å²) < 4.78 is 0. The van der Waals surface area contributed by atoms with Crippen LogP contribution in [0.5, 0.6) is 0 Å². The van der Waals surface area contributed by atoms with E-state index in [9.17, 15) is 4.79 Å². The topological polar surface area (TPSA) is 88.5 Å². The molecule has 1 amide bonds. The Kier molecular flexibility index (Phi) is 4.57. The third-order valence-electron chi connectivity index (χ3n) is 3.42. The standard InChI is InChI=1S/C14H21N5O/c1-2-12-4-3-11-9-18(7-5-13(11)17-12)14(20)10-19(16)8-6-15/h3-4,6,8H,2,5,7,9-10,15-16H2,1H3/b8-6-. The zero-order valence-corrected chi connectivity index (χ0v) is 11.7. The maximum Gasteiger partial charge on any atom is 0.244 e. The van der Waals surface area contributed by atoms with Gasteiger partial charge in [-0.1, -0.05) is 13.0 Å². The predicted octanol–water partition coefficient (Wildman–Crippen LogP) is 0.134. The Bertz CT molecular complexity index is 514. The molecule has 0 saturated carbocycles. The van der Waals surface area contributed by atoms with Gasteiger partial charge in [0.15, 0.2) is 0 Å². The second-order valence-corrected chi connectivity index (χ2v) is 4.84. The first-order chi connectivity index (χ1) is 9.63. The van der Waals surface area contributed by atoms with Gasteiger partial charge in [0.05, 0.1) is 0 Å². The lowest BCUT2D eigenvalue weighted by Gasteiger charge is -2.29. The molecule has 1 aliphatic heterocycles. The first-order valence-electron chi connectivity index (χ1n) is 6.79. The van der Waals surface area contributed by atoms with Gasteiger partial charge in [-0.15, -0.1) is 0 Å². The Hall–Kier alpha value is -2.08. The number of aryl methyl sites for hydroxylation is 1. The van der Waals surface area contributed by atoms with E-state index in [-0.39, 0.29) is 12.5 Å². The van der Waals surface area contributed by atoms with Gasteiger partial charge < -0.3 is 15.6 Å². The highest BCUT2D eigenvalue weighted by molar-refractivity contribution is 5.78. The average molecular weight is 275 g/mol. The second kappa shape index (κ2) is 6.38. The van der Waals surface area contributed by atoms with E-state index in [2.05, 4.69) is 18.0 Å². The number of nitrogens with zero attached hydrogens (tertiary/aromatic N) is 3. The Balaban J connectivity index is 2.02. The average Bonchev–Trinajstić information content (AvgIpc) is 2.46. The fraction of sp³-hybridized carbons (Fsp3) is 0.429. The highest BCUT2D eigenvalue weighted by atomic mass is 16.2. The van der Waals surface area contributed by atoms with Crippen molar-refractivity contribution < 1.29 is 4.79 Å². The molecule has 2 rings (SSSR count). The van der Waals surface area contributed by atoms with Crippen LogP contribution in [0.3, 0.4) is 0 Å². The van der Waals surface area contributed by atoms with Gasteiger partial charge in [-0.2, -0.15) is 0 Å². The van der Waals surface area contributed by atoms with Crippen LogP contribution >= 0.6 is 0 Å². The highest BCUT2D eigenvalue weighted by Crippen LogP contribution is 2.18. The molecular weight excluding hydrogens is 254 g/mol. The summed E-state index contributed by atoms with van der Waals surface area (Å²) in [6.07, 6.45) is 4.52. The van der Waals surface area contributed by atoms with E-state index in [0.717, 1.165) is 29.8 Å². The highest BCUT2D eigenvalue weighted by Gasteiger charge is 2.22. The molecule has 108 valence electrons. The number of fused-ring (bicyclic) bond motifs is 1. The maximum atomic E-state index is 12.1. The van der Waals surface area contributed by atoms with Crippen LogP contribution in [0.2, 0.25) is 0 Å². The fourth-order valence-corrected chi connectivity index (χ4v) is 2.29. The van der Waals surface area contributed by atoms with E-state index >= 15 is 0 Å². The van der Waals surface area contributed by atoms with Crippen molar-refractivity contribution in [3.05, 3.63) is 41.5 Å². The molecule has 1 aliphatic rings. The number of hydrazine groups is 1. The van der Waals surface area contributed by atoms with Gasteiger partial charge in [0, 0.05) is 43.3 Å². The number of hydrogen-bond donors (Lipinski definition) is 2. The molecule has 0 fully saturated rings. The molecule has 6 heteroatoms. The predicted molar refractivity (Wildman–Crippen MR) is 77.0 cm³/mol. The van der Waals surface area contributed by atoms with Crippen molar-refractivity contribution in [2.24, 2.45) is 11.6 Å². The lowest BCUT2D eigenvalue weighted by Crippen LogP contribution is -2.43. The normalized spacial score (nSPS) is 14.4. The van der Waals surface area contributed by atoms with Crippen molar-refractivity contribution in [1.82, 2.24) is 14.9 Å². The largest absolute Gasteiger partial charge is 0.403 e. The van der Waals surface area contributed by atoms with Crippen LogP contribution in [-0.2, 0) is 24.2 Å². The minimum absolute atomic E-state index is 0.00387. The number of hydrogen-bond acceptors (Lipinski definition) is 5. The van der Waals surface area contributed by atoms with E-state index in [1.807, 2.05) is 6.07 Å². The van der Waals surface area contributed by atoms with Gasteiger partial charge in [-0.25, -0.2) is 5.84 Å². The van der Waals surface area contributed by atoms with Crippen molar-refractivity contribution in [3.63, 3.8) is 0 Å². The zero-order chi connectivity index (χ0) is 14.5. The quantitative estimate of drug-likeness (QED) is 0.602. The molecular formula is C14H21N5O. The summed E-state index contributed by atoms with van der Waals surface area (Å²) in [7, 11) is 0. The third-order valence-corrected chi connectivity index (χ3v) is 3.42. The second-order valence-electron chi connectivity index (χ2n) is 4.84. The molecule has 0 radical (unpaired) electrons. The van der Waals surface area contributed by atoms with Crippen LogP contribution in [-0.4, -0.2) is 33.9 Å². The number of pyridine rings is 1. The van der Waals surface area contributed by atoms with Crippen molar-refractivity contribution in [1.29, 1.82) is 0 Å². The van der Waals surface area contributed by atoms with Crippen LogP contribution in [0.4, 0.5) is 0 Å². The van der Waals surface area contributed by atoms with Crippen molar-refractivity contribution in [2.75, 3.05) is 13.1 Å². The van der Waals surface area contributed by atoms with Gasteiger partial charge in [0.25, 0.3) is 0 Å². The van der Waals surface area contributed by atoms with Gasteiger partial charge in [-0.05, 0) is 18.1 Å². The van der Waals surface area contributed by atoms with E-state index in [1.54, 1.807) is 4.90 Å². The van der Waals surface area contributed by atoms with E-state index in [1.165, 1.54) is 17.4 Å². The summed E-state index contributed by atoms with van der Waals surface area (Å²) in [6.45, 7) is 3.51. The number of nitrogens with two attached hydrogens (primary N) is 2. The molecule has 2 heterocycles. The Morgan fingerprint density at radius 2 is 2.35 bits per heavy atom. The lowest BCUT2D eigenvalue weighted by molar-refractivity contribution is -0.132. The number of rotatable bonds is 4. The van der Waals surface area contributed by atoms with Gasteiger partial charge in [0.1, 0.15) is 6.54 Å². The summed E-state index contributed by atoms with van der Waals surface area (Å²) >= 11 is 0. The minimum Gasteiger partial charge on any atom is -0.403 e. The molecule has 1 aromatic rings. The number of carbonyl (C=O) groups excluding carboxylic acids is 1. The fourth-order valence-electron chi connectivity index (χ4n) is 2.29. The summed E-state index contributed by atoms with van der Waals surface area (Å²) in [5.74, 6) is 5.63. The summed E-state index contributed by atoms with van der Waals surface area (Å²) in [5, 5.41) is 1.29. The molecule has 6 nitrogen and oxygen atoms in total. The number of carbonyl (C=O) groups is 1. The number of aromatic nitrogens is 1. The van der Waals surface area contributed by atoms with E-state index in [0.29, 0.717) is 13.1 Å². The Labute approximate surface area is 119 Å².